The lowest BCUT2D eigenvalue weighted by molar-refractivity contribution is -0.135. The van der Waals surface area contributed by atoms with Crippen LogP contribution in [0.15, 0.2) is 29.4 Å². The van der Waals surface area contributed by atoms with Crippen molar-refractivity contribution in [3.8, 4) is 0 Å². The second-order valence-corrected chi connectivity index (χ2v) is 9.54. The SMILES string of the molecule is Cc1nnc(NC(=O)CSc2nc3ccccc3n2CC(=O)N(C(C)C)C(C)C)s1. The maximum Gasteiger partial charge on any atom is 0.243 e. The van der Waals surface area contributed by atoms with Gasteiger partial charge in [0.05, 0.1) is 16.8 Å². The van der Waals surface area contributed by atoms with Gasteiger partial charge in [-0.25, -0.2) is 4.98 Å². The zero-order chi connectivity index (χ0) is 21.8. The highest BCUT2D eigenvalue weighted by Gasteiger charge is 2.23. The minimum absolute atomic E-state index is 0.0267. The summed E-state index contributed by atoms with van der Waals surface area (Å²) in [6, 6.07) is 7.89. The average molecular weight is 447 g/mol. The number of aromatic nitrogens is 4. The topological polar surface area (TPSA) is 93.0 Å². The highest BCUT2D eigenvalue weighted by atomic mass is 32.2. The van der Waals surface area contributed by atoms with Crippen LogP contribution in [-0.4, -0.2) is 54.3 Å². The number of thioether (sulfide) groups is 1. The molecule has 2 aromatic heterocycles. The highest BCUT2D eigenvalue weighted by Crippen LogP contribution is 2.25. The molecule has 2 heterocycles. The molecule has 3 aromatic rings. The van der Waals surface area contributed by atoms with Gasteiger partial charge in [0.25, 0.3) is 0 Å². The largest absolute Gasteiger partial charge is 0.336 e. The standard InChI is InChI=1S/C20H26N6O2S2/c1-12(2)26(13(3)4)18(28)10-25-16-9-7-6-8-15(16)21-20(25)29-11-17(27)22-19-24-23-14(5)30-19/h6-9,12-13H,10-11H2,1-5H3,(H,22,24,27). The van der Waals surface area contributed by atoms with Gasteiger partial charge in [-0.05, 0) is 46.8 Å². The number of hydrogen-bond acceptors (Lipinski definition) is 7. The van der Waals surface area contributed by atoms with Crippen LogP contribution in [0.1, 0.15) is 32.7 Å². The third-order valence-electron chi connectivity index (χ3n) is 4.42. The first kappa shape index (κ1) is 22.2. The number of nitrogens with zero attached hydrogens (tertiary/aromatic N) is 5. The van der Waals surface area contributed by atoms with Crippen molar-refractivity contribution in [2.24, 2.45) is 0 Å². The summed E-state index contributed by atoms with van der Waals surface area (Å²) in [7, 11) is 0. The van der Waals surface area contributed by atoms with E-state index in [0.717, 1.165) is 16.0 Å². The van der Waals surface area contributed by atoms with Gasteiger partial charge in [0.15, 0.2) is 5.16 Å². The smallest absolute Gasteiger partial charge is 0.243 e. The number of carbonyl (C=O) groups excluding carboxylic acids is 2. The number of amides is 2. The Morgan fingerprint density at radius 1 is 1.17 bits per heavy atom. The summed E-state index contributed by atoms with van der Waals surface area (Å²) in [5.74, 6) is -0.000313. The Balaban J connectivity index is 1.79. The zero-order valence-electron chi connectivity index (χ0n) is 17.7. The van der Waals surface area contributed by atoms with E-state index in [1.54, 1.807) is 0 Å². The lowest BCUT2D eigenvalue weighted by Gasteiger charge is -2.31. The minimum atomic E-state index is -0.188. The first-order valence-electron chi connectivity index (χ1n) is 9.75. The molecule has 0 bridgehead atoms. The van der Waals surface area contributed by atoms with Crippen molar-refractivity contribution in [1.29, 1.82) is 0 Å². The van der Waals surface area contributed by atoms with Gasteiger partial charge in [0, 0.05) is 12.1 Å². The molecule has 160 valence electrons. The number of nitrogens with one attached hydrogen (secondary N) is 1. The fourth-order valence-electron chi connectivity index (χ4n) is 3.34. The summed E-state index contributed by atoms with van der Waals surface area (Å²) >= 11 is 2.63. The normalized spacial score (nSPS) is 11.4. The van der Waals surface area contributed by atoms with Crippen LogP contribution in [0.4, 0.5) is 5.13 Å². The Bertz CT molecular complexity index is 1040. The molecule has 0 fully saturated rings. The van der Waals surface area contributed by atoms with Gasteiger partial charge in [-0.3, -0.25) is 14.9 Å². The van der Waals surface area contributed by atoms with E-state index in [1.165, 1.54) is 23.1 Å². The molecule has 0 atom stereocenters. The van der Waals surface area contributed by atoms with Crippen LogP contribution >= 0.6 is 23.1 Å². The summed E-state index contributed by atoms with van der Waals surface area (Å²) in [5, 5.41) is 12.5. The Labute approximate surface area is 184 Å². The minimum Gasteiger partial charge on any atom is -0.336 e. The fraction of sp³-hybridized carbons (Fsp3) is 0.450. The molecule has 0 spiro atoms. The molecule has 1 aromatic carbocycles. The highest BCUT2D eigenvalue weighted by molar-refractivity contribution is 7.99. The van der Waals surface area contributed by atoms with E-state index in [1.807, 2.05) is 68.4 Å². The van der Waals surface area contributed by atoms with Crippen LogP contribution < -0.4 is 5.32 Å². The number of aryl methyl sites for hydroxylation is 1. The van der Waals surface area contributed by atoms with E-state index in [9.17, 15) is 9.59 Å². The third-order valence-corrected chi connectivity index (χ3v) is 6.15. The molecule has 0 aliphatic rings. The average Bonchev–Trinajstić information content (AvgIpc) is 3.23. The van der Waals surface area contributed by atoms with E-state index >= 15 is 0 Å². The van der Waals surface area contributed by atoms with Gasteiger partial charge in [-0.15, -0.1) is 10.2 Å². The molecule has 0 aliphatic heterocycles. The van der Waals surface area contributed by atoms with Crippen molar-refractivity contribution < 1.29 is 9.59 Å². The van der Waals surface area contributed by atoms with Crippen molar-refractivity contribution >= 4 is 51.1 Å². The summed E-state index contributed by atoms with van der Waals surface area (Å²) in [5.41, 5.74) is 1.68. The molecule has 30 heavy (non-hydrogen) atoms. The number of benzene rings is 1. The summed E-state index contributed by atoms with van der Waals surface area (Å²) < 4.78 is 1.89. The van der Waals surface area contributed by atoms with Crippen molar-refractivity contribution in [2.75, 3.05) is 11.1 Å². The number of rotatable bonds is 8. The molecule has 0 unspecified atom stereocenters. The number of hydrogen-bond donors (Lipinski definition) is 1. The van der Waals surface area contributed by atoms with Crippen LogP contribution in [-0.2, 0) is 16.1 Å². The van der Waals surface area contributed by atoms with Gasteiger partial charge in [-0.2, -0.15) is 0 Å². The van der Waals surface area contributed by atoms with Gasteiger partial charge < -0.3 is 9.47 Å². The Hall–Kier alpha value is -2.46. The molecule has 3 rings (SSSR count). The lowest BCUT2D eigenvalue weighted by atomic mass is 10.2. The number of fused-ring (bicyclic) bond motifs is 1. The Morgan fingerprint density at radius 3 is 2.50 bits per heavy atom. The van der Waals surface area contributed by atoms with E-state index in [0.29, 0.717) is 10.3 Å². The van der Waals surface area contributed by atoms with Crippen molar-refractivity contribution in [3.63, 3.8) is 0 Å². The molecule has 8 nitrogen and oxygen atoms in total. The van der Waals surface area contributed by atoms with E-state index in [-0.39, 0.29) is 36.2 Å². The maximum absolute atomic E-state index is 13.0. The van der Waals surface area contributed by atoms with Crippen LogP contribution in [0, 0.1) is 6.92 Å². The van der Waals surface area contributed by atoms with Gasteiger partial charge in [0.2, 0.25) is 16.9 Å². The van der Waals surface area contributed by atoms with E-state index in [2.05, 4.69) is 20.5 Å². The van der Waals surface area contributed by atoms with E-state index < -0.39 is 0 Å². The van der Waals surface area contributed by atoms with Gasteiger partial charge in [0.1, 0.15) is 11.6 Å². The van der Waals surface area contributed by atoms with Crippen molar-refractivity contribution in [1.82, 2.24) is 24.6 Å². The molecular weight excluding hydrogens is 420 g/mol. The van der Waals surface area contributed by atoms with Crippen molar-refractivity contribution in [2.45, 2.75) is 58.4 Å². The second kappa shape index (κ2) is 9.57. The predicted molar refractivity (Wildman–Crippen MR) is 121 cm³/mol. The molecule has 0 saturated carbocycles. The number of carbonyl (C=O) groups is 2. The molecule has 1 N–H and O–H groups in total. The van der Waals surface area contributed by atoms with Crippen molar-refractivity contribution in [3.05, 3.63) is 29.3 Å². The monoisotopic (exact) mass is 446 g/mol. The molecule has 0 aliphatic carbocycles. The van der Waals surface area contributed by atoms with Crippen LogP contribution in [0.3, 0.4) is 0 Å². The first-order chi connectivity index (χ1) is 14.3. The Kier molecular flexibility index (Phi) is 7.09. The van der Waals surface area contributed by atoms with E-state index in [4.69, 9.17) is 0 Å². The molecular formula is C20H26N6O2S2. The third kappa shape index (κ3) is 5.17. The summed E-state index contributed by atoms with van der Waals surface area (Å²) in [6.45, 7) is 10.1. The maximum atomic E-state index is 13.0. The van der Waals surface area contributed by atoms with Crippen LogP contribution in [0.2, 0.25) is 0 Å². The quantitative estimate of drug-likeness (QED) is 0.532. The lowest BCUT2D eigenvalue weighted by Crippen LogP contribution is -2.43. The molecule has 2 amide bonds. The Morgan fingerprint density at radius 2 is 1.87 bits per heavy atom. The zero-order valence-corrected chi connectivity index (χ0v) is 19.4. The fourth-order valence-corrected chi connectivity index (χ4v) is 4.76. The molecule has 0 radical (unpaired) electrons. The number of anilines is 1. The van der Waals surface area contributed by atoms with Crippen LogP contribution in [0.25, 0.3) is 11.0 Å². The first-order valence-corrected chi connectivity index (χ1v) is 11.6. The molecule has 0 saturated heterocycles. The van der Waals surface area contributed by atoms with Gasteiger partial charge in [-0.1, -0.05) is 35.2 Å². The molecule has 10 heteroatoms. The predicted octanol–water partition coefficient (Wildman–Crippen LogP) is 3.57. The second-order valence-electron chi connectivity index (χ2n) is 7.42. The van der Waals surface area contributed by atoms with Gasteiger partial charge >= 0.3 is 0 Å². The number of imidazole rings is 1. The summed E-state index contributed by atoms with van der Waals surface area (Å²) in [4.78, 5) is 31.9. The number of para-hydroxylation sites is 2. The summed E-state index contributed by atoms with van der Waals surface area (Å²) in [6.07, 6.45) is 0. The van der Waals surface area contributed by atoms with Crippen LogP contribution in [0.5, 0.6) is 0 Å².